The van der Waals surface area contributed by atoms with Crippen molar-refractivity contribution in [2.24, 2.45) is 5.73 Å². The van der Waals surface area contributed by atoms with Gasteiger partial charge in [0.25, 0.3) is 0 Å². The highest BCUT2D eigenvalue weighted by molar-refractivity contribution is 5.76. The second-order valence-electron chi connectivity index (χ2n) is 5.86. The highest BCUT2D eigenvalue weighted by Gasteiger charge is 2.11. The Hall–Kier alpha value is -2.53. The molecule has 2 rings (SSSR count). The molecule has 0 fully saturated rings. The summed E-state index contributed by atoms with van der Waals surface area (Å²) in [6.07, 6.45) is 1.99. The van der Waals surface area contributed by atoms with E-state index in [1.165, 1.54) is 0 Å². The number of ether oxygens (including phenoxy) is 2. The normalized spacial score (nSPS) is 11.6. The van der Waals surface area contributed by atoms with Crippen LogP contribution in [0.15, 0.2) is 48.5 Å². The van der Waals surface area contributed by atoms with Crippen LogP contribution in [0.3, 0.4) is 0 Å². The molecule has 0 heterocycles. The highest BCUT2D eigenvalue weighted by atomic mass is 16.5. The number of rotatable bonds is 9. The van der Waals surface area contributed by atoms with Gasteiger partial charge < -0.3 is 20.5 Å². The molecule has 0 bridgehead atoms. The average Bonchev–Trinajstić information content (AvgIpc) is 2.65. The largest absolute Gasteiger partial charge is 0.493 e. The molecule has 134 valence electrons. The second-order valence-corrected chi connectivity index (χ2v) is 5.86. The van der Waals surface area contributed by atoms with E-state index in [1.807, 2.05) is 48.5 Å². The molecule has 1 unspecified atom stereocenters. The van der Waals surface area contributed by atoms with Gasteiger partial charge in [-0.05, 0) is 36.1 Å². The first kappa shape index (κ1) is 18.8. The van der Waals surface area contributed by atoms with Gasteiger partial charge in [-0.15, -0.1) is 0 Å². The summed E-state index contributed by atoms with van der Waals surface area (Å²) in [4.78, 5) is 12.0. The van der Waals surface area contributed by atoms with Crippen LogP contribution in [0, 0.1) is 0 Å². The number of amides is 1. The molecule has 0 aliphatic rings. The van der Waals surface area contributed by atoms with Crippen LogP contribution in [0.25, 0.3) is 0 Å². The Labute approximate surface area is 149 Å². The quantitative estimate of drug-likeness (QED) is 0.687. The highest BCUT2D eigenvalue weighted by Crippen LogP contribution is 2.27. The lowest BCUT2D eigenvalue weighted by atomic mass is 10.0. The summed E-state index contributed by atoms with van der Waals surface area (Å²) in [5.74, 6) is 1.41. The fraction of sp³-hybridized carbons (Fsp3) is 0.350. The Morgan fingerprint density at radius 3 is 2.48 bits per heavy atom. The molecule has 0 saturated carbocycles. The lowest BCUT2D eigenvalue weighted by molar-refractivity contribution is -0.121. The van der Waals surface area contributed by atoms with Gasteiger partial charge in [0.2, 0.25) is 5.91 Å². The summed E-state index contributed by atoms with van der Waals surface area (Å²) >= 11 is 0. The van der Waals surface area contributed by atoms with Crippen LogP contribution in [-0.2, 0) is 11.2 Å². The summed E-state index contributed by atoms with van der Waals surface area (Å²) in [7, 11) is 3.24. The molecule has 0 aliphatic heterocycles. The summed E-state index contributed by atoms with van der Waals surface area (Å²) in [6, 6.07) is 15.3. The molecule has 0 aliphatic carbocycles. The van der Waals surface area contributed by atoms with Crippen molar-refractivity contribution in [2.75, 3.05) is 20.8 Å². The number of aryl methyl sites for hydroxylation is 1. The lowest BCUT2D eigenvalue weighted by Gasteiger charge is -2.12. The van der Waals surface area contributed by atoms with Gasteiger partial charge in [-0.25, -0.2) is 0 Å². The summed E-state index contributed by atoms with van der Waals surface area (Å²) in [5.41, 5.74) is 8.19. The van der Waals surface area contributed by atoms with Gasteiger partial charge in [-0.2, -0.15) is 0 Å². The molecule has 5 nitrogen and oxygen atoms in total. The van der Waals surface area contributed by atoms with Gasteiger partial charge in [0.15, 0.2) is 11.5 Å². The summed E-state index contributed by atoms with van der Waals surface area (Å²) < 4.78 is 10.5. The standard InChI is InChI=1S/C20H26N2O3/c1-24-18-11-10-15(13-19(18)25-2)7-6-12-22-20(23)14-17(21)16-8-4-3-5-9-16/h3-5,8-11,13,17H,6-7,12,14,21H2,1-2H3,(H,22,23). The molecule has 5 heteroatoms. The van der Waals surface area contributed by atoms with Crippen molar-refractivity contribution in [1.29, 1.82) is 0 Å². The maximum absolute atomic E-state index is 12.0. The third kappa shape index (κ3) is 5.80. The average molecular weight is 342 g/mol. The third-order valence-electron chi connectivity index (χ3n) is 4.05. The van der Waals surface area contributed by atoms with E-state index in [4.69, 9.17) is 15.2 Å². The topological polar surface area (TPSA) is 73.6 Å². The third-order valence-corrected chi connectivity index (χ3v) is 4.05. The van der Waals surface area contributed by atoms with Crippen molar-refractivity contribution in [3.8, 4) is 11.5 Å². The van der Waals surface area contributed by atoms with E-state index in [0.29, 0.717) is 13.0 Å². The zero-order valence-corrected chi connectivity index (χ0v) is 14.8. The van der Waals surface area contributed by atoms with E-state index < -0.39 is 0 Å². The minimum Gasteiger partial charge on any atom is -0.493 e. The SMILES string of the molecule is COc1ccc(CCCNC(=O)CC(N)c2ccccc2)cc1OC. The maximum Gasteiger partial charge on any atom is 0.221 e. The van der Waals surface area contributed by atoms with E-state index in [2.05, 4.69) is 5.32 Å². The van der Waals surface area contributed by atoms with Crippen molar-refractivity contribution in [2.45, 2.75) is 25.3 Å². The van der Waals surface area contributed by atoms with Crippen molar-refractivity contribution >= 4 is 5.91 Å². The number of nitrogens with one attached hydrogen (secondary N) is 1. The first-order valence-corrected chi connectivity index (χ1v) is 8.42. The maximum atomic E-state index is 12.0. The first-order valence-electron chi connectivity index (χ1n) is 8.42. The van der Waals surface area contributed by atoms with Crippen LogP contribution in [0.2, 0.25) is 0 Å². The molecular weight excluding hydrogens is 316 g/mol. The molecule has 2 aromatic rings. The monoisotopic (exact) mass is 342 g/mol. The van der Waals surface area contributed by atoms with Gasteiger partial charge in [0.05, 0.1) is 14.2 Å². The smallest absolute Gasteiger partial charge is 0.221 e. The molecule has 2 aromatic carbocycles. The van der Waals surface area contributed by atoms with E-state index in [-0.39, 0.29) is 11.9 Å². The molecule has 0 saturated heterocycles. The van der Waals surface area contributed by atoms with Crippen molar-refractivity contribution in [3.63, 3.8) is 0 Å². The molecule has 3 N–H and O–H groups in total. The Morgan fingerprint density at radius 1 is 1.08 bits per heavy atom. The molecule has 0 aromatic heterocycles. The first-order chi connectivity index (χ1) is 12.1. The van der Waals surface area contributed by atoms with Crippen LogP contribution in [0.1, 0.15) is 30.0 Å². The summed E-state index contributed by atoms with van der Waals surface area (Å²) in [6.45, 7) is 0.620. The van der Waals surface area contributed by atoms with E-state index >= 15 is 0 Å². The predicted octanol–water partition coefficient (Wildman–Crippen LogP) is 2.84. The second kappa shape index (κ2) is 9.69. The Bertz CT molecular complexity index is 674. The van der Waals surface area contributed by atoms with E-state index in [0.717, 1.165) is 35.5 Å². The number of nitrogens with two attached hydrogens (primary N) is 1. The van der Waals surface area contributed by atoms with Crippen LogP contribution in [0.5, 0.6) is 11.5 Å². The van der Waals surface area contributed by atoms with Crippen LogP contribution in [0.4, 0.5) is 0 Å². The Kier molecular flexibility index (Phi) is 7.29. The zero-order valence-electron chi connectivity index (χ0n) is 14.8. The van der Waals surface area contributed by atoms with Gasteiger partial charge in [0.1, 0.15) is 0 Å². The number of methoxy groups -OCH3 is 2. The summed E-state index contributed by atoms with van der Waals surface area (Å²) in [5, 5.41) is 2.93. The number of carbonyl (C=O) groups is 1. The molecule has 0 spiro atoms. The number of carbonyl (C=O) groups excluding carboxylic acids is 1. The van der Waals surface area contributed by atoms with Crippen molar-refractivity contribution in [1.82, 2.24) is 5.32 Å². The van der Waals surface area contributed by atoms with Crippen LogP contribution >= 0.6 is 0 Å². The number of hydrogen-bond donors (Lipinski definition) is 2. The fourth-order valence-corrected chi connectivity index (χ4v) is 2.65. The van der Waals surface area contributed by atoms with Gasteiger partial charge >= 0.3 is 0 Å². The minimum absolute atomic E-state index is 0.0244. The Balaban J connectivity index is 1.73. The van der Waals surface area contributed by atoms with Crippen molar-refractivity contribution < 1.29 is 14.3 Å². The van der Waals surface area contributed by atoms with Gasteiger partial charge in [0, 0.05) is 19.0 Å². The van der Waals surface area contributed by atoms with E-state index in [1.54, 1.807) is 14.2 Å². The molecule has 1 amide bonds. The van der Waals surface area contributed by atoms with Crippen LogP contribution in [-0.4, -0.2) is 26.7 Å². The van der Waals surface area contributed by atoms with Gasteiger partial charge in [-0.1, -0.05) is 36.4 Å². The Morgan fingerprint density at radius 2 is 1.80 bits per heavy atom. The molecule has 25 heavy (non-hydrogen) atoms. The molecule has 0 radical (unpaired) electrons. The predicted molar refractivity (Wildman–Crippen MR) is 98.9 cm³/mol. The van der Waals surface area contributed by atoms with E-state index in [9.17, 15) is 4.79 Å². The van der Waals surface area contributed by atoms with Crippen molar-refractivity contribution in [3.05, 3.63) is 59.7 Å². The number of hydrogen-bond acceptors (Lipinski definition) is 4. The van der Waals surface area contributed by atoms with Gasteiger partial charge in [-0.3, -0.25) is 4.79 Å². The number of benzene rings is 2. The fourth-order valence-electron chi connectivity index (χ4n) is 2.65. The minimum atomic E-state index is -0.271. The lowest BCUT2D eigenvalue weighted by Crippen LogP contribution is -2.28. The molecule has 1 atom stereocenters. The van der Waals surface area contributed by atoms with Crippen LogP contribution < -0.4 is 20.5 Å². The molecular formula is C20H26N2O3. The zero-order chi connectivity index (χ0) is 18.1.